The second kappa shape index (κ2) is 7.51. The number of methoxy groups -OCH3 is 1. The van der Waals surface area contributed by atoms with Crippen LogP contribution in [0.5, 0.6) is 0 Å². The van der Waals surface area contributed by atoms with Gasteiger partial charge >= 0.3 is 5.97 Å². The number of carbonyl (C=O) groups excluding carboxylic acids is 1. The van der Waals surface area contributed by atoms with Crippen LogP contribution in [0.1, 0.15) is 5.69 Å². The van der Waals surface area contributed by atoms with E-state index in [1.165, 1.54) is 37.6 Å². The number of ether oxygens (including phenoxy) is 1. The van der Waals surface area contributed by atoms with E-state index in [2.05, 4.69) is 9.72 Å². The highest BCUT2D eigenvalue weighted by atomic mass is 35.5. The molecule has 0 spiro atoms. The van der Waals surface area contributed by atoms with Gasteiger partial charge in [0.2, 0.25) is 5.16 Å². The Labute approximate surface area is 144 Å². The van der Waals surface area contributed by atoms with E-state index < -0.39 is 27.7 Å². The van der Waals surface area contributed by atoms with E-state index >= 15 is 0 Å². The number of aromatic nitrogens is 2. The first-order chi connectivity index (χ1) is 11.3. The number of carbonyl (C=O) groups is 1. The number of nitro groups is 1. The van der Waals surface area contributed by atoms with Gasteiger partial charge in [0.05, 0.1) is 23.9 Å². The van der Waals surface area contributed by atoms with E-state index in [0.717, 1.165) is 4.09 Å². The molecule has 0 amide bonds. The Morgan fingerprint density at radius 2 is 2.12 bits per heavy atom. The number of nitrogens with two attached hydrogens (primary N) is 1. The van der Waals surface area contributed by atoms with Crippen molar-refractivity contribution >= 4 is 34.2 Å². The zero-order valence-corrected chi connectivity index (χ0v) is 14.0. The van der Waals surface area contributed by atoms with Crippen LogP contribution in [0.4, 0.5) is 5.69 Å². The van der Waals surface area contributed by atoms with Crippen LogP contribution in [0.25, 0.3) is 0 Å². The molecule has 9 nitrogen and oxygen atoms in total. The molecule has 1 unspecified atom stereocenters. The van der Waals surface area contributed by atoms with Crippen molar-refractivity contribution in [3.63, 3.8) is 0 Å². The van der Waals surface area contributed by atoms with Crippen LogP contribution < -0.4 is 5.73 Å². The lowest BCUT2D eigenvalue weighted by molar-refractivity contribution is -0.384. The highest BCUT2D eigenvalue weighted by molar-refractivity contribution is 7.85. The number of benzene rings is 1. The molecule has 0 aliphatic carbocycles. The van der Waals surface area contributed by atoms with E-state index in [4.69, 9.17) is 17.5 Å². The molecule has 0 bridgehead atoms. The van der Waals surface area contributed by atoms with Crippen molar-refractivity contribution < 1.29 is 18.7 Å². The van der Waals surface area contributed by atoms with Gasteiger partial charge in [-0.1, -0.05) is 0 Å². The van der Waals surface area contributed by atoms with Gasteiger partial charge in [0, 0.05) is 35.2 Å². The fraction of sp³-hybridized carbons (Fsp3) is 0.231. The van der Waals surface area contributed by atoms with Crippen molar-refractivity contribution in [1.82, 2.24) is 9.07 Å². The summed E-state index contributed by atoms with van der Waals surface area (Å²) in [5.74, 6) is -0.606. The molecule has 128 valence electrons. The van der Waals surface area contributed by atoms with Crippen molar-refractivity contribution in [2.75, 3.05) is 7.11 Å². The Hall–Kier alpha value is -2.30. The normalized spacial score (nSPS) is 13.3. The van der Waals surface area contributed by atoms with Gasteiger partial charge in [-0.25, -0.2) is 13.3 Å². The maximum absolute atomic E-state index is 12.5. The molecule has 11 heteroatoms. The van der Waals surface area contributed by atoms with Crippen LogP contribution in [0.3, 0.4) is 0 Å². The quantitative estimate of drug-likeness (QED) is 0.454. The number of nitro benzene ring substituents is 1. The van der Waals surface area contributed by atoms with Crippen LogP contribution in [-0.4, -0.2) is 37.3 Å². The molecular formula is C13H13ClN4O5S. The molecule has 2 rings (SSSR count). The maximum atomic E-state index is 12.5. The number of halogens is 1. The maximum Gasteiger partial charge on any atom is 0.323 e. The molecule has 0 radical (unpaired) electrons. The first-order valence-electron chi connectivity index (χ1n) is 6.57. The van der Waals surface area contributed by atoms with Crippen LogP contribution in [0, 0.1) is 10.1 Å². The van der Waals surface area contributed by atoms with E-state index in [0.29, 0.717) is 10.6 Å². The highest BCUT2D eigenvalue weighted by Gasteiger charge is 2.21. The van der Waals surface area contributed by atoms with E-state index in [9.17, 15) is 19.1 Å². The highest BCUT2D eigenvalue weighted by Crippen LogP contribution is 2.21. The van der Waals surface area contributed by atoms with Gasteiger partial charge in [0.15, 0.2) is 0 Å². The summed E-state index contributed by atoms with van der Waals surface area (Å²) in [6.07, 6.45) is 1.41. The van der Waals surface area contributed by atoms with Crippen LogP contribution in [-0.2, 0) is 26.8 Å². The van der Waals surface area contributed by atoms with Gasteiger partial charge in [-0.3, -0.25) is 14.9 Å². The van der Waals surface area contributed by atoms with Crippen LogP contribution in [0.15, 0.2) is 40.5 Å². The number of imidazole rings is 1. The molecular weight excluding hydrogens is 360 g/mol. The minimum Gasteiger partial charge on any atom is -0.468 e. The van der Waals surface area contributed by atoms with E-state index in [-0.39, 0.29) is 17.3 Å². The standard InChI is InChI=1S/C13H13ClN4O5S/c1-23-12(19)11(15)6-9-7-16-13(17(9)14)24(22)10-4-2-8(3-5-10)18(20)21/h2-5,7,11H,6,15H2,1H3/t11-,24?/m0/s1. The fourth-order valence-corrected chi connectivity index (χ4v) is 3.21. The molecule has 0 fully saturated rings. The number of nitrogens with zero attached hydrogens (tertiary/aromatic N) is 3. The largest absolute Gasteiger partial charge is 0.468 e. The van der Waals surface area contributed by atoms with Crippen LogP contribution >= 0.6 is 11.8 Å². The zero-order chi connectivity index (χ0) is 17.9. The second-order valence-electron chi connectivity index (χ2n) is 4.67. The molecule has 1 heterocycles. The molecule has 2 aromatic rings. The zero-order valence-electron chi connectivity index (χ0n) is 12.4. The van der Waals surface area contributed by atoms with Crippen molar-refractivity contribution in [2.24, 2.45) is 5.73 Å². The molecule has 0 aliphatic rings. The summed E-state index contributed by atoms with van der Waals surface area (Å²) in [6.45, 7) is 0. The fourth-order valence-electron chi connectivity index (χ4n) is 1.86. The predicted molar refractivity (Wildman–Crippen MR) is 84.9 cm³/mol. The average molecular weight is 373 g/mol. The summed E-state index contributed by atoms with van der Waals surface area (Å²) in [5.41, 5.74) is 5.93. The summed E-state index contributed by atoms with van der Waals surface area (Å²) >= 11 is 6.09. The molecule has 0 saturated heterocycles. The number of rotatable bonds is 6. The van der Waals surface area contributed by atoms with E-state index in [1.807, 2.05) is 0 Å². The number of hydrogen-bond donors (Lipinski definition) is 1. The number of hydrogen-bond acceptors (Lipinski definition) is 7. The summed E-state index contributed by atoms with van der Waals surface area (Å²) < 4.78 is 18.1. The van der Waals surface area contributed by atoms with Crippen molar-refractivity contribution in [3.8, 4) is 0 Å². The van der Waals surface area contributed by atoms with Gasteiger partial charge in [0.25, 0.3) is 5.69 Å². The van der Waals surface area contributed by atoms with Crippen LogP contribution in [0.2, 0.25) is 0 Å². The molecule has 1 aromatic carbocycles. The van der Waals surface area contributed by atoms with Gasteiger partial charge in [-0.15, -0.1) is 0 Å². The molecule has 1 aromatic heterocycles. The Kier molecular flexibility index (Phi) is 5.65. The lowest BCUT2D eigenvalue weighted by Gasteiger charge is -2.08. The summed E-state index contributed by atoms with van der Waals surface area (Å²) in [7, 11) is -0.529. The van der Waals surface area contributed by atoms with Gasteiger partial charge in [-0.2, -0.15) is 0 Å². The minimum absolute atomic E-state index is 0.0255. The molecule has 0 saturated carbocycles. The monoisotopic (exact) mass is 372 g/mol. The third-order valence-electron chi connectivity index (χ3n) is 3.10. The number of non-ortho nitro benzene ring substituents is 1. The minimum atomic E-state index is -1.75. The average Bonchev–Trinajstić information content (AvgIpc) is 2.94. The van der Waals surface area contributed by atoms with Crippen molar-refractivity contribution in [3.05, 3.63) is 46.3 Å². The Morgan fingerprint density at radius 3 is 2.67 bits per heavy atom. The predicted octanol–water partition coefficient (Wildman–Crippen LogP) is 1.00. The third-order valence-corrected chi connectivity index (χ3v) is 4.90. The topological polar surface area (TPSA) is 130 Å². The molecule has 2 atom stereocenters. The lowest BCUT2D eigenvalue weighted by Crippen LogP contribution is -2.34. The Bertz CT molecular complexity index is 792. The Morgan fingerprint density at radius 1 is 1.50 bits per heavy atom. The third kappa shape index (κ3) is 3.78. The van der Waals surface area contributed by atoms with Gasteiger partial charge in [-0.05, 0) is 12.1 Å². The first kappa shape index (κ1) is 18.0. The molecule has 24 heavy (non-hydrogen) atoms. The SMILES string of the molecule is COC(=O)[C@@H](N)Cc1cnc(S(=O)c2ccc([N+](=O)[O-])cc2)n1Cl. The second-order valence-corrected chi connectivity index (χ2v) is 6.38. The number of esters is 1. The summed E-state index contributed by atoms with van der Waals surface area (Å²) in [6, 6.07) is 4.27. The smallest absolute Gasteiger partial charge is 0.323 e. The summed E-state index contributed by atoms with van der Waals surface area (Å²) in [5, 5.41) is 10.7. The van der Waals surface area contributed by atoms with Crippen molar-refractivity contribution in [1.29, 1.82) is 0 Å². The van der Waals surface area contributed by atoms with E-state index in [1.54, 1.807) is 0 Å². The lowest BCUT2D eigenvalue weighted by atomic mass is 10.2. The Balaban J connectivity index is 2.22. The molecule has 2 N–H and O–H groups in total. The summed E-state index contributed by atoms with van der Waals surface area (Å²) in [4.78, 5) is 25.7. The molecule has 0 aliphatic heterocycles. The van der Waals surface area contributed by atoms with Gasteiger partial charge < -0.3 is 10.5 Å². The van der Waals surface area contributed by atoms with Gasteiger partial charge in [0.1, 0.15) is 16.8 Å². The first-order valence-corrected chi connectivity index (χ1v) is 8.06. The van der Waals surface area contributed by atoms with Crippen molar-refractivity contribution in [2.45, 2.75) is 22.5 Å².